The Morgan fingerprint density at radius 2 is 0.600 bits per heavy atom. The lowest BCUT2D eigenvalue weighted by molar-refractivity contribution is -0.167. The van der Waals surface area contributed by atoms with Crippen LogP contribution in [0.15, 0.2) is 36.5 Å². The molecule has 0 aromatic heterocycles. The fourth-order valence-corrected chi connectivity index (χ4v) is 7.41. The molecule has 0 radical (unpaired) electrons. The van der Waals surface area contributed by atoms with E-state index in [0.717, 1.165) is 83.5 Å². The molecule has 0 rings (SSSR count). The molecule has 350 valence electrons. The van der Waals surface area contributed by atoms with Gasteiger partial charge in [0, 0.05) is 19.3 Å². The van der Waals surface area contributed by atoms with E-state index in [0.29, 0.717) is 19.3 Å². The number of allylic oxidation sites excluding steroid dienone is 6. The summed E-state index contributed by atoms with van der Waals surface area (Å²) >= 11 is 0. The van der Waals surface area contributed by atoms with E-state index >= 15 is 0 Å². The summed E-state index contributed by atoms with van der Waals surface area (Å²) in [7, 11) is 0. The molecule has 0 N–H and O–H groups in total. The molecular formula is C54H98O6. The fourth-order valence-electron chi connectivity index (χ4n) is 7.41. The van der Waals surface area contributed by atoms with Crippen molar-refractivity contribution in [2.24, 2.45) is 0 Å². The molecule has 1 atom stereocenters. The first-order chi connectivity index (χ1) is 29.5. The number of carbonyl (C=O) groups is 3. The first-order valence-electron chi connectivity index (χ1n) is 26.0. The number of ether oxygens (including phenoxy) is 3. The van der Waals surface area contributed by atoms with Crippen LogP contribution < -0.4 is 0 Å². The lowest BCUT2D eigenvalue weighted by atomic mass is 10.1. The van der Waals surface area contributed by atoms with Gasteiger partial charge in [0.25, 0.3) is 0 Å². The lowest BCUT2D eigenvalue weighted by Crippen LogP contribution is -2.30. The van der Waals surface area contributed by atoms with Gasteiger partial charge in [0.15, 0.2) is 6.10 Å². The largest absolute Gasteiger partial charge is 0.462 e. The molecule has 0 aromatic carbocycles. The molecule has 0 heterocycles. The number of hydrogen-bond donors (Lipinski definition) is 0. The van der Waals surface area contributed by atoms with Gasteiger partial charge in [0.05, 0.1) is 0 Å². The Morgan fingerprint density at radius 3 is 0.950 bits per heavy atom. The topological polar surface area (TPSA) is 78.9 Å². The zero-order valence-corrected chi connectivity index (χ0v) is 40.0. The molecule has 0 fully saturated rings. The molecule has 1 unspecified atom stereocenters. The summed E-state index contributed by atoms with van der Waals surface area (Å²) in [5, 5.41) is 0. The van der Waals surface area contributed by atoms with Crippen molar-refractivity contribution in [1.82, 2.24) is 0 Å². The van der Waals surface area contributed by atoms with Crippen molar-refractivity contribution in [2.75, 3.05) is 13.2 Å². The first kappa shape index (κ1) is 57.6. The predicted octanol–water partition coefficient (Wildman–Crippen LogP) is 16.9. The van der Waals surface area contributed by atoms with Crippen molar-refractivity contribution >= 4 is 17.9 Å². The molecule has 6 nitrogen and oxygen atoms in total. The number of unbranched alkanes of at least 4 members (excludes halogenated alkanes) is 30. The molecular weight excluding hydrogens is 745 g/mol. The SMILES string of the molecule is CCCCCC/C=C\C/C=C\CCCCCCCC(=O)OC(COC(=O)CCCCCCCCC)COC(=O)CCCCCCCCCCC/C=C\CCCCCCCC. The van der Waals surface area contributed by atoms with Crippen LogP contribution in [0.5, 0.6) is 0 Å². The van der Waals surface area contributed by atoms with E-state index in [4.69, 9.17) is 14.2 Å². The summed E-state index contributed by atoms with van der Waals surface area (Å²) in [6.07, 6.45) is 57.1. The van der Waals surface area contributed by atoms with Crippen LogP contribution in [0.25, 0.3) is 0 Å². The van der Waals surface area contributed by atoms with E-state index in [2.05, 4.69) is 57.2 Å². The van der Waals surface area contributed by atoms with Gasteiger partial charge in [-0.2, -0.15) is 0 Å². The highest BCUT2D eigenvalue weighted by molar-refractivity contribution is 5.71. The van der Waals surface area contributed by atoms with Gasteiger partial charge in [-0.15, -0.1) is 0 Å². The smallest absolute Gasteiger partial charge is 0.306 e. The van der Waals surface area contributed by atoms with Crippen LogP contribution in [0.4, 0.5) is 0 Å². The molecule has 0 spiro atoms. The fraction of sp³-hybridized carbons (Fsp3) is 0.833. The number of rotatable bonds is 47. The first-order valence-corrected chi connectivity index (χ1v) is 26.0. The maximum absolute atomic E-state index is 12.7. The highest BCUT2D eigenvalue weighted by Gasteiger charge is 2.19. The van der Waals surface area contributed by atoms with Gasteiger partial charge in [-0.3, -0.25) is 14.4 Å². The van der Waals surface area contributed by atoms with Gasteiger partial charge >= 0.3 is 17.9 Å². The van der Waals surface area contributed by atoms with E-state index in [9.17, 15) is 14.4 Å². The normalized spacial score (nSPS) is 12.2. The van der Waals surface area contributed by atoms with Crippen molar-refractivity contribution in [1.29, 1.82) is 0 Å². The second-order valence-corrected chi connectivity index (χ2v) is 17.4. The number of hydrogen-bond acceptors (Lipinski definition) is 6. The van der Waals surface area contributed by atoms with Crippen LogP contribution in [-0.2, 0) is 28.6 Å². The van der Waals surface area contributed by atoms with Crippen molar-refractivity contribution in [2.45, 2.75) is 277 Å². The van der Waals surface area contributed by atoms with E-state index in [1.807, 2.05) is 0 Å². The Balaban J connectivity index is 4.25. The Morgan fingerprint density at radius 1 is 0.333 bits per heavy atom. The highest BCUT2D eigenvalue weighted by Crippen LogP contribution is 2.15. The monoisotopic (exact) mass is 843 g/mol. The molecule has 0 bridgehead atoms. The van der Waals surface area contributed by atoms with E-state index in [1.54, 1.807) is 0 Å². The average Bonchev–Trinajstić information content (AvgIpc) is 3.24. The zero-order valence-electron chi connectivity index (χ0n) is 40.0. The molecule has 6 heteroatoms. The molecule has 0 aliphatic heterocycles. The molecule has 0 aliphatic rings. The Bertz CT molecular complexity index is 1020. The highest BCUT2D eigenvalue weighted by atomic mass is 16.6. The van der Waals surface area contributed by atoms with E-state index in [-0.39, 0.29) is 31.1 Å². The molecule has 0 amide bonds. The van der Waals surface area contributed by atoms with Crippen LogP contribution in [-0.4, -0.2) is 37.2 Å². The minimum atomic E-state index is -0.775. The van der Waals surface area contributed by atoms with Crippen molar-refractivity contribution in [3.05, 3.63) is 36.5 Å². The Kier molecular flexibility index (Phi) is 47.3. The van der Waals surface area contributed by atoms with Crippen LogP contribution in [0.3, 0.4) is 0 Å². The van der Waals surface area contributed by atoms with E-state index < -0.39 is 6.10 Å². The Hall–Kier alpha value is -2.37. The third-order valence-corrected chi connectivity index (χ3v) is 11.4. The summed E-state index contributed by atoms with van der Waals surface area (Å²) in [4.78, 5) is 37.8. The van der Waals surface area contributed by atoms with Gasteiger partial charge < -0.3 is 14.2 Å². The molecule has 60 heavy (non-hydrogen) atoms. The lowest BCUT2D eigenvalue weighted by Gasteiger charge is -2.18. The third kappa shape index (κ3) is 46.7. The summed E-state index contributed by atoms with van der Waals surface area (Å²) < 4.78 is 16.7. The summed E-state index contributed by atoms with van der Waals surface area (Å²) in [6, 6.07) is 0. The van der Waals surface area contributed by atoms with Crippen LogP contribution >= 0.6 is 0 Å². The number of esters is 3. The molecule has 0 saturated heterocycles. The maximum Gasteiger partial charge on any atom is 0.306 e. The van der Waals surface area contributed by atoms with Crippen LogP contribution in [0.1, 0.15) is 271 Å². The third-order valence-electron chi connectivity index (χ3n) is 11.4. The van der Waals surface area contributed by atoms with Gasteiger partial charge in [-0.05, 0) is 77.0 Å². The standard InChI is InChI=1S/C54H98O6/c1-4-7-10-13-16-18-20-22-24-26-27-28-30-31-33-35-38-41-44-47-53(56)59-50-51(49-58-52(55)46-43-40-37-15-12-9-6-3)60-54(57)48-45-42-39-36-34-32-29-25-23-21-19-17-14-11-8-5-2/h19,21-22,24-25,29,51H,4-18,20,23,26-28,30-50H2,1-3H3/b21-19-,24-22-,29-25-. The van der Waals surface area contributed by atoms with Crippen LogP contribution in [0, 0.1) is 0 Å². The van der Waals surface area contributed by atoms with Crippen molar-refractivity contribution < 1.29 is 28.6 Å². The van der Waals surface area contributed by atoms with Gasteiger partial charge in [0.2, 0.25) is 0 Å². The molecule has 0 aromatic rings. The number of carbonyl (C=O) groups excluding carboxylic acids is 3. The predicted molar refractivity (Wildman–Crippen MR) is 256 cm³/mol. The maximum atomic E-state index is 12.7. The molecule has 0 saturated carbocycles. The van der Waals surface area contributed by atoms with Gasteiger partial charge in [-0.1, -0.05) is 211 Å². The Labute approximate surface area is 372 Å². The summed E-state index contributed by atoms with van der Waals surface area (Å²) in [6.45, 7) is 6.58. The summed E-state index contributed by atoms with van der Waals surface area (Å²) in [5.74, 6) is -0.891. The van der Waals surface area contributed by atoms with Gasteiger partial charge in [-0.25, -0.2) is 0 Å². The van der Waals surface area contributed by atoms with Crippen LogP contribution in [0.2, 0.25) is 0 Å². The second kappa shape index (κ2) is 49.3. The average molecular weight is 843 g/mol. The minimum absolute atomic E-state index is 0.0768. The van der Waals surface area contributed by atoms with Crippen molar-refractivity contribution in [3.63, 3.8) is 0 Å². The minimum Gasteiger partial charge on any atom is -0.462 e. The second-order valence-electron chi connectivity index (χ2n) is 17.4. The quantitative estimate of drug-likeness (QED) is 0.0263. The van der Waals surface area contributed by atoms with Gasteiger partial charge in [0.1, 0.15) is 13.2 Å². The van der Waals surface area contributed by atoms with Crippen molar-refractivity contribution in [3.8, 4) is 0 Å². The summed E-state index contributed by atoms with van der Waals surface area (Å²) in [5.41, 5.74) is 0. The molecule has 0 aliphatic carbocycles. The zero-order chi connectivity index (χ0) is 43.7. The van der Waals surface area contributed by atoms with E-state index in [1.165, 1.54) is 148 Å².